The Hall–Kier alpha value is -1.39. The summed E-state index contributed by atoms with van der Waals surface area (Å²) in [6, 6.07) is 6.48. The lowest BCUT2D eigenvalue weighted by Crippen LogP contribution is -2.24. The Morgan fingerprint density at radius 1 is 1.41 bits per heavy atom. The first-order valence-corrected chi connectivity index (χ1v) is 6.12. The average Bonchev–Trinajstić information content (AvgIpc) is 2.65. The van der Waals surface area contributed by atoms with E-state index in [9.17, 15) is 0 Å². The van der Waals surface area contributed by atoms with E-state index in [1.165, 1.54) is 10.9 Å². The summed E-state index contributed by atoms with van der Waals surface area (Å²) in [5.74, 6) is 0.571. The maximum atomic E-state index is 5.57. The minimum Gasteiger partial charge on any atom is -0.380 e. The summed E-state index contributed by atoms with van der Waals surface area (Å²) in [6.07, 6.45) is 2.94. The maximum Gasteiger partial charge on any atom is 0.0650 e. The number of hydrogen-bond donors (Lipinski definition) is 2. The smallest absolute Gasteiger partial charge is 0.0650 e. The number of benzene rings is 1. The predicted octanol–water partition coefficient (Wildman–Crippen LogP) is 1.34. The molecule has 1 fully saturated rings. The van der Waals surface area contributed by atoms with Crippen LogP contribution >= 0.6 is 0 Å². The van der Waals surface area contributed by atoms with Crippen LogP contribution in [0.2, 0.25) is 0 Å². The van der Waals surface area contributed by atoms with Crippen molar-refractivity contribution >= 4 is 10.9 Å². The van der Waals surface area contributed by atoms with Crippen LogP contribution in [0.5, 0.6) is 0 Å². The predicted molar refractivity (Wildman–Crippen MR) is 67.0 cm³/mol. The van der Waals surface area contributed by atoms with Crippen LogP contribution in [0.15, 0.2) is 24.4 Å². The van der Waals surface area contributed by atoms with Gasteiger partial charge in [-0.05, 0) is 30.0 Å². The molecule has 0 spiro atoms. The second-order valence-electron chi connectivity index (χ2n) is 4.64. The SMILES string of the molecule is c1cc2[nH]ncc2cc1CC1CNCCOC1. The van der Waals surface area contributed by atoms with Crippen molar-refractivity contribution in [3.8, 4) is 0 Å². The van der Waals surface area contributed by atoms with Gasteiger partial charge in [0.05, 0.1) is 24.9 Å². The number of hydrogen-bond acceptors (Lipinski definition) is 3. The van der Waals surface area contributed by atoms with Gasteiger partial charge in [0.2, 0.25) is 0 Å². The molecule has 0 saturated carbocycles. The van der Waals surface area contributed by atoms with Crippen LogP contribution in [0.3, 0.4) is 0 Å². The maximum absolute atomic E-state index is 5.57. The van der Waals surface area contributed by atoms with Crippen molar-refractivity contribution in [1.82, 2.24) is 15.5 Å². The summed E-state index contributed by atoms with van der Waals surface area (Å²) < 4.78 is 5.57. The van der Waals surface area contributed by atoms with E-state index in [-0.39, 0.29) is 0 Å². The molecule has 1 unspecified atom stereocenters. The van der Waals surface area contributed by atoms with Gasteiger partial charge >= 0.3 is 0 Å². The van der Waals surface area contributed by atoms with Gasteiger partial charge in [-0.25, -0.2) is 0 Å². The fourth-order valence-electron chi connectivity index (χ4n) is 2.34. The first-order chi connectivity index (χ1) is 8.42. The van der Waals surface area contributed by atoms with Crippen LogP contribution in [0, 0.1) is 5.92 Å². The fraction of sp³-hybridized carbons (Fsp3) is 0.462. The van der Waals surface area contributed by atoms with Crippen LogP contribution in [0.1, 0.15) is 5.56 Å². The van der Waals surface area contributed by atoms with E-state index in [4.69, 9.17) is 4.74 Å². The van der Waals surface area contributed by atoms with E-state index in [0.29, 0.717) is 5.92 Å². The fourth-order valence-corrected chi connectivity index (χ4v) is 2.34. The Labute approximate surface area is 100 Å². The lowest BCUT2D eigenvalue weighted by atomic mass is 9.99. The van der Waals surface area contributed by atoms with Gasteiger partial charge in [-0.1, -0.05) is 6.07 Å². The third kappa shape index (κ3) is 2.48. The first kappa shape index (κ1) is 10.7. The molecule has 90 valence electrons. The van der Waals surface area contributed by atoms with Gasteiger partial charge in [-0.3, -0.25) is 5.10 Å². The highest BCUT2D eigenvalue weighted by molar-refractivity contribution is 5.78. The van der Waals surface area contributed by atoms with Gasteiger partial charge in [-0.2, -0.15) is 5.10 Å². The summed E-state index contributed by atoms with van der Waals surface area (Å²) >= 11 is 0. The number of nitrogens with one attached hydrogen (secondary N) is 2. The average molecular weight is 231 g/mol. The summed E-state index contributed by atoms with van der Waals surface area (Å²) in [4.78, 5) is 0. The van der Waals surface area contributed by atoms with E-state index in [0.717, 1.165) is 38.2 Å². The highest BCUT2D eigenvalue weighted by Gasteiger charge is 2.13. The van der Waals surface area contributed by atoms with Crippen molar-refractivity contribution in [3.63, 3.8) is 0 Å². The number of aromatic amines is 1. The molecule has 17 heavy (non-hydrogen) atoms. The van der Waals surface area contributed by atoms with E-state index >= 15 is 0 Å². The van der Waals surface area contributed by atoms with Crippen LogP contribution in [-0.2, 0) is 11.2 Å². The molecule has 1 aliphatic rings. The largest absolute Gasteiger partial charge is 0.380 e. The number of rotatable bonds is 2. The molecule has 2 N–H and O–H groups in total. The van der Waals surface area contributed by atoms with Gasteiger partial charge in [0, 0.05) is 18.5 Å². The number of fused-ring (bicyclic) bond motifs is 1. The summed E-state index contributed by atoms with van der Waals surface area (Å²) in [6.45, 7) is 3.70. The summed E-state index contributed by atoms with van der Waals surface area (Å²) in [5, 5.41) is 11.6. The zero-order valence-electron chi connectivity index (χ0n) is 9.78. The van der Waals surface area contributed by atoms with E-state index in [2.05, 4.69) is 33.7 Å². The lowest BCUT2D eigenvalue weighted by molar-refractivity contribution is 0.123. The Kier molecular flexibility index (Phi) is 3.07. The van der Waals surface area contributed by atoms with Crippen molar-refractivity contribution in [2.75, 3.05) is 26.3 Å². The number of nitrogens with zero attached hydrogens (tertiary/aromatic N) is 1. The molecular formula is C13H17N3O. The Balaban J connectivity index is 1.74. The Morgan fingerprint density at radius 3 is 3.41 bits per heavy atom. The molecule has 1 aromatic heterocycles. The first-order valence-electron chi connectivity index (χ1n) is 6.12. The van der Waals surface area contributed by atoms with E-state index in [1.807, 2.05) is 6.20 Å². The molecule has 4 heteroatoms. The van der Waals surface area contributed by atoms with Gasteiger partial charge in [0.25, 0.3) is 0 Å². The molecule has 2 heterocycles. The van der Waals surface area contributed by atoms with E-state index in [1.54, 1.807) is 0 Å². The molecule has 2 aromatic rings. The molecule has 1 saturated heterocycles. The zero-order chi connectivity index (χ0) is 11.5. The summed E-state index contributed by atoms with van der Waals surface area (Å²) in [7, 11) is 0. The minimum atomic E-state index is 0.571. The Bertz CT molecular complexity index is 486. The quantitative estimate of drug-likeness (QED) is 0.820. The lowest BCUT2D eigenvalue weighted by Gasteiger charge is -2.13. The topological polar surface area (TPSA) is 49.9 Å². The van der Waals surface area contributed by atoms with Crippen LogP contribution in [-0.4, -0.2) is 36.5 Å². The van der Waals surface area contributed by atoms with Crippen LogP contribution < -0.4 is 5.32 Å². The number of aromatic nitrogens is 2. The Morgan fingerprint density at radius 2 is 2.41 bits per heavy atom. The number of ether oxygens (including phenoxy) is 1. The van der Waals surface area contributed by atoms with Gasteiger partial charge in [0.1, 0.15) is 0 Å². The standard InChI is InChI=1S/C13H17N3O/c1-2-13-12(8-15-16-13)6-10(1)5-11-7-14-3-4-17-9-11/h1-2,6,8,11,14H,3-5,7,9H2,(H,15,16). The second-order valence-corrected chi connectivity index (χ2v) is 4.64. The highest BCUT2D eigenvalue weighted by atomic mass is 16.5. The number of H-pyrrole nitrogens is 1. The van der Waals surface area contributed by atoms with Crippen molar-refractivity contribution in [1.29, 1.82) is 0 Å². The molecule has 0 bridgehead atoms. The van der Waals surface area contributed by atoms with Crippen molar-refractivity contribution in [2.45, 2.75) is 6.42 Å². The van der Waals surface area contributed by atoms with Crippen molar-refractivity contribution in [3.05, 3.63) is 30.0 Å². The molecule has 4 nitrogen and oxygen atoms in total. The molecule has 1 atom stereocenters. The highest BCUT2D eigenvalue weighted by Crippen LogP contribution is 2.16. The molecule has 0 radical (unpaired) electrons. The molecule has 1 aromatic carbocycles. The molecule has 0 amide bonds. The van der Waals surface area contributed by atoms with E-state index < -0.39 is 0 Å². The zero-order valence-corrected chi connectivity index (χ0v) is 9.78. The monoisotopic (exact) mass is 231 g/mol. The third-order valence-corrected chi connectivity index (χ3v) is 3.24. The molecule has 0 aliphatic carbocycles. The van der Waals surface area contributed by atoms with Crippen molar-refractivity contribution in [2.24, 2.45) is 5.92 Å². The minimum absolute atomic E-state index is 0.571. The van der Waals surface area contributed by atoms with Crippen LogP contribution in [0.4, 0.5) is 0 Å². The second kappa shape index (κ2) is 4.85. The molecule has 3 rings (SSSR count). The van der Waals surface area contributed by atoms with Gasteiger partial charge < -0.3 is 10.1 Å². The molecule has 1 aliphatic heterocycles. The van der Waals surface area contributed by atoms with Crippen molar-refractivity contribution < 1.29 is 4.74 Å². The third-order valence-electron chi connectivity index (χ3n) is 3.24. The van der Waals surface area contributed by atoms with Gasteiger partial charge in [0.15, 0.2) is 0 Å². The molecular weight excluding hydrogens is 214 g/mol. The van der Waals surface area contributed by atoms with Gasteiger partial charge in [-0.15, -0.1) is 0 Å². The van der Waals surface area contributed by atoms with Crippen LogP contribution in [0.25, 0.3) is 10.9 Å². The summed E-state index contributed by atoms with van der Waals surface area (Å²) in [5.41, 5.74) is 2.46. The normalized spacial score (nSPS) is 21.5.